The smallest absolute Gasteiger partial charge is 0.324 e. The zero-order valence-corrected chi connectivity index (χ0v) is 10.9. The number of sulfone groups is 1. The summed E-state index contributed by atoms with van der Waals surface area (Å²) < 4.78 is 22.1. The van der Waals surface area contributed by atoms with E-state index < -0.39 is 26.3 Å². The average molecular weight is 278 g/mol. The first-order valence-corrected chi connectivity index (χ1v) is 6.75. The van der Waals surface area contributed by atoms with Gasteiger partial charge < -0.3 is 5.11 Å². The molecule has 1 aromatic rings. The van der Waals surface area contributed by atoms with Crippen molar-refractivity contribution in [1.29, 1.82) is 0 Å². The van der Waals surface area contributed by atoms with Gasteiger partial charge in [-0.05, 0) is 25.5 Å². The Balaban J connectivity index is 3.12. The van der Waals surface area contributed by atoms with E-state index in [-0.39, 0.29) is 5.02 Å². The summed E-state index contributed by atoms with van der Waals surface area (Å²) in [5.41, 5.74) is 0.344. The number of nitrogens with zero attached hydrogens (tertiary/aromatic N) is 1. The summed E-state index contributed by atoms with van der Waals surface area (Å²) in [5.74, 6) is -1.81. The molecule has 94 valence electrons. The van der Waals surface area contributed by atoms with Crippen molar-refractivity contribution >= 4 is 27.4 Å². The second kappa shape index (κ2) is 4.62. The number of halogens is 1. The summed E-state index contributed by atoms with van der Waals surface area (Å²) in [6, 6.07) is 1.46. The summed E-state index contributed by atoms with van der Waals surface area (Å²) in [7, 11) is -3.85. The summed E-state index contributed by atoms with van der Waals surface area (Å²) >= 11 is 5.79. The maximum absolute atomic E-state index is 12.0. The predicted octanol–water partition coefficient (Wildman–Crippen LogP) is 1.51. The Morgan fingerprint density at radius 1 is 1.53 bits per heavy atom. The van der Waals surface area contributed by atoms with Crippen LogP contribution in [0.2, 0.25) is 5.02 Å². The van der Waals surface area contributed by atoms with Crippen LogP contribution in [0.4, 0.5) is 0 Å². The van der Waals surface area contributed by atoms with Gasteiger partial charge in [0.15, 0.2) is 14.6 Å². The fourth-order valence-electron chi connectivity index (χ4n) is 1.04. The van der Waals surface area contributed by atoms with Crippen molar-refractivity contribution in [1.82, 2.24) is 4.98 Å². The van der Waals surface area contributed by atoms with Crippen molar-refractivity contribution in [3.8, 4) is 0 Å². The fourth-order valence-corrected chi connectivity index (χ4v) is 2.59. The quantitative estimate of drug-likeness (QED) is 0.902. The molecule has 0 aliphatic carbocycles. The molecule has 0 amide bonds. The number of carboxylic acids is 1. The second-order valence-electron chi connectivity index (χ2n) is 4.04. The zero-order chi connectivity index (χ0) is 13.3. The van der Waals surface area contributed by atoms with Gasteiger partial charge in [-0.15, -0.1) is 0 Å². The molecule has 0 radical (unpaired) electrons. The number of hydrogen-bond acceptors (Lipinski definition) is 4. The highest BCUT2D eigenvalue weighted by atomic mass is 35.5. The van der Waals surface area contributed by atoms with Crippen molar-refractivity contribution in [3.63, 3.8) is 0 Å². The van der Waals surface area contributed by atoms with Crippen molar-refractivity contribution in [2.24, 2.45) is 0 Å². The normalized spacial score (nSPS) is 12.4. The molecular formula is C10H12ClNO4S. The van der Waals surface area contributed by atoms with Crippen LogP contribution in [-0.4, -0.2) is 29.2 Å². The third-order valence-corrected chi connectivity index (χ3v) is 5.26. The van der Waals surface area contributed by atoms with E-state index in [9.17, 15) is 13.2 Å². The standard InChI is InChI=1S/C10H12ClNO4S/c1-10(2,9(13)14)17(15,16)6-7-3-4-12-5-8(7)11/h3-5H,6H2,1-2H3,(H,13,14). The molecule has 7 heteroatoms. The van der Waals surface area contributed by atoms with E-state index in [1.54, 1.807) is 0 Å². The minimum atomic E-state index is -3.85. The molecule has 0 saturated carbocycles. The number of carbonyl (C=O) groups is 1. The molecule has 0 aromatic carbocycles. The van der Waals surface area contributed by atoms with Crippen LogP contribution >= 0.6 is 11.6 Å². The number of hydrogen-bond donors (Lipinski definition) is 1. The van der Waals surface area contributed by atoms with E-state index in [0.717, 1.165) is 13.8 Å². The van der Waals surface area contributed by atoms with Crippen LogP contribution < -0.4 is 0 Å². The Labute approximate surface area is 104 Å². The number of rotatable bonds is 4. The van der Waals surface area contributed by atoms with Gasteiger partial charge in [0.2, 0.25) is 0 Å². The van der Waals surface area contributed by atoms with Gasteiger partial charge in [0.25, 0.3) is 0 Å². The number of carboxylic acid groups (broad SMARTS) is 1. The molecule has 1 aromatic heterocycles. The second-order valence-corrected chi connectivity index (χ2v) is 6.99. The number of aliphatic carboxylic acids is 1. The highest BCUT2D eigenvalue weighted by molar-refractivity contribution is 7.92. The molecule has 0 bridgehead atoms. The molecule has 0 unspecified atom stereocenters. The van der Waals surface area contributed by atoms with Crippen molar-refractivity contribution < 1.29 is 18.3 Å². The lowest BCUT2D eigenvalue weighted by Gasteiger charge is -2.19. The summed E-state index contributed by atoms with van der Waals surface area (Å²) in [5, 5.41) is 9.11. The minimum Gasteiger partial charge on any atom is -0.480 e. The monoisotopic (exact) mass is 277 g/mol. The number of pyridine rings is 1. The van der Waals surface area contributed by atoms with Crippen LogP contribution in [0.1, 0.15) is 19.4 Å². The van der Waals surface area contributed by atoms with E-state index in [1.165, 1.54) is 18.5 Å². The topological polar surface area (TPSA) is 84.3 Å². The Kier molecular flexibility index (Phi) is 3.78. The van der Waals surface area contributed by atoms with Crippen LogP contribution in [-0.2, 0) is 20.4 Å². The maximum Gasteiger partial charge on any atom is 0.324 e. The molecule has 0 spiro atoms. The van der Waals surface area contributed by atoms with Gasteiger partial charge in [0.1, 0.15) is 0 Å². The maximum atomic E-state index is 12.0. The van der Waals surface area contributed by atoms with E-state index in [1.807, 2.05) is 0 Å². The van der Waals surface area contributed by atoms with Gasteiger partial charge in [-0.25, -0.2) is 8.42 Å². The van der Waals surface area contributed by atoms with Crippen LogP contribution in [0.3, 0.4) is 0 Å². The molecule has 0 atom stereocenters. The van der Waals surface area contributed by atoms with Crippen molar-refractivity contribution in [2.45, 2.75) is 24.3 Å². The SMILES string of the molecule is CC(C)(C(=O)O)S(=O)(=O)Cc1ccncc1Cl. The van der Waals surface area contributed by atoms with E-state index in [2.05, 4.69) is 4.98 Å². The molecule has 17 heavy (non-hydrogen) atoms. The zero-order valence-electron chi connectivity index (χ0n) is 9.34. The predicted molar refractivity (Wildman–Crippen MR) is 63.6 cm³/mol. The molecule has 5 nitrogen and oxygen atoms in total. The van der Waals surface area contributed by atoms with Gasteiger partial charge in [0.05, 0.1) is 10.8 Å². The van der Waals surface area contributed by atoms with Crippen LogP contribution in [0.15, 0.2) is 18.5 Å². The molecule has 1 rings (SSSR count). The molecule has 0 saturated heterocycles. The van der Waals surface area contributed by atoms with E-state index in [4.69, 9.17) is 16.7 Å². The average Bonchev–Trinajstić information content (AvgIpc) is 2.20. The van der Waals surface area contributed by atoms with Gasteiger partial charge in [-0.2, -0.15) is 0 Å². The molecule has 1 heterocycles. The molecule has 0 aliphatic rings. The lowest BCUT2D eigenvalue weighted by atomic mass is 10.2. The third-order valence-electron chi connectivity index (χ3n) is 2.49. The Morgan fingerprint density at radius 2 is 2.12 bits per heavy atom. The highest BCUT2D eigenvalue weighted by Crippen LogP contribution is 2.24. The Hall–Kier alpha value is -1.14. The Bertz CT molecular complexity index is 539. The first-order chi connectivity index (χ1) is 7.68. The minimum absolute atomic E-state index is 0.206. The van der Waals surface area contributed by atoms with Gasteiger partial charge in [0, 0.05) is 12.4 Å². The van der Waals surface area contributed by atoms with Crippen molar-refractivity contribution in [3.05, 3.63) is 29.0 Å². The van der Waals surface area contributed by atoms with Crippen LogP contribution in [0.25, 0.3) is 0 Å². The fraction of sp³-hybridized carbons (Fsp3) is 0.400. The van der Waals surface area contributed by atoms with Gasteiger partial charge in [-0.3, -0.25) is 9.78 Å². The molecule has 0 fully saturated rings. The lowest BCUT2D eigenvalue weighted by Crippen LogP contribution is -2.41. The third kappa shape index (κ3) is 2.76. The Morgan fingerprint density at radius 3 is 2.59 bits per heavy atom. The molecule has 0 aliphatic heterocycles. The summed E-state index contributed by atoms with van der Waals surface area (Å²) in [4.78, 5) is 14.6. The summed E-state index contributed by atoms with van der Waals surface area (Å²) in [6.07, 6.45) is 2.73. The van der Waals surface area contributed by atoms with Crippen molar-refractivity contribution in [2.75, 3.05) is 0 Å². The molecular weight excluding hydrogens is 266 g/mol. The first kappa shape index (κ1) is 13.9. The number of aromatic nitrogens is 1. The van der Waals surface area contributed by atoms with Gasteiger partial charge >= 0.3 is 5.97 Å². The highest BCUT2D eigenvalue weighted by Gasteiger charge is 2.41. The summed E-state index contributed by atoms with van der Waals surface area (Å²) in [6.45, 7) is 2.31. The lowest BCUT2D eigenvalue weighted by molar-refractivity contribution is -0.139. The van der Waals surface area contributed by atoms with Crippen LogP contribution in [0.5, 0.6) is 0 Å². The van der Waals surface area contributed by atoms with E-state index in [0.29, 0.717) is 5.56 Å². The van der Waals surface area contributed by atoms with E-state index >= 15 is 0 Å². The molecule has 1 N–H and O–H groups in total. The van der Waals surface area contributed by atoms with Gasteiger partial charge in [-0.1, -0.05) is 11.6 Å². The first-order valence-electron chi connectivity index (χ1n) is 4.72. The largest absolute Gasteiger partial charge is 0.480 e. The van der Waals surface area contributed by atoms with Crippen LogP contribution in [0, 0.1) is 0 Å².